The van der Waals surface area contributed by atoms with Crippen LogP contribution in [0.1, 0.15) is 11.1 Å². The van der Waals surface area contributed by atoms with E-state index >= 15 is 0 Å². The zero-order chi connectivity index (χ0) is 27.3. The van der Waals surface area contributed by atoms with Crippen LogP contribution in [0.3, 0.4) is 0 Å². The quantitative estimate of drug-likeness (QED) is 0.143. The fourth-order valence-corrected chi connectivity index (χ4v) is 5.64. The fraction of sp³-hybridized carbons (Fsp3) is 0.0741. The number of ether oxygens (including phenoxy) is 1. The number of benzene rings is 3. The number of anilines is 1. The minimum Gasteiger partial charge on any atom is -0.493 e. The first kappa shape index (κ1) is 27.1. The van der Waals surface area contributed by atoms with E-state index in [1.807, 2.05) is 48.7 Å². The monoisotopic (exact) mass is 609 g/mol. The van der Waals surface area contributed by atoms with Gasteiger partial charge in [-0.05, 0) is 58.8 Å². The van der Waals surface area contributed by atoms with E-state index in [0.29, 0.717) is 16.4 Å². The zero-order valence-electron chi connectivity index (χ0n) is 20.1. The van der Waals surface area contributed by atoms with Crippen molar-refractivity contribution in [1.82, 2.24) is 4.98 Å². The molecule has 1 N–H and O–H groups in total. The van der Waals surface area contributed by atoms with E-state index in [9.17, 15) is 18.5 Å². The second kappa shape index (κ2) is 11.6. The van der Waals surface area contributed by atoms with Crippen molar-refractivity contribution in [3.63, 3.8) is 0 Å². The third kappa shape index (κ3) is 6.28. The number of halogens is 1. The number of nitriles is 1. The Labute approximate surface area is 232 Å². The summed E-state index contributed by atoms with van der Waals surface area (Å²) in [4.78, 5) is 17.2. The topological polar surface area (TPSA) is 118 Å². The first-order chi connectivity index (χ1) is 18.2. The fourth-order valence-electron chi connectivity index (χ4n) is 3.32. The van der Waals surface area contributed by atoms with Gasteiger partial charge in [0, 0.05) is 10.9 Å². The zero-order valence-corrected chi connectivity index (χ0v) is 23.4. The van der Waals surface area contributed by atoms with Crippen LogP contribution >= 0.6 is 27.3 Å². The summed E-state index contributed by atoms with van der Waals surface area (Å²) in [6, 6.07) is 20.6. The van der Waals surface area contributed by atoms with Gasteiger partial charge in [-0.15, -0.1) is 11.3 Å². The van der Waals surface area contributed by atoms with Gasteiger partial charge in [-0.25, -0.2) is 4.98 Å². The average molecular weight is 611 g/mol. The van der Waals surface area contributed by atoms with Crippen molar-refractivity contribution in [2.75, 3.05) is 12.4 Å². The molecule has 192 valence electrons. The molecule has 0 unspecified atom stereocenters. The van der Waals surface area contributed by atoms with Gasteiger partial charge in [0.05, 0.1) is 17.3 Å². The summed E-state index contributed by atoms with van der Waals surface area (Å²) in [6.45, 7) is 1.85. The van der Waals surface area contributed by atoms with Crippen molar-refractivity contribution in [2.45, 2.75) is 11.8 Å². The summed E-state index contributed by atoms with van der Waals surface area (Å²) < 4.78 is 36.5. The molecule has 0 aliphatic rings. The summed E-state index contributed by atoms with van der Waals surface area (Å²) in [5.74, 6) is -0.616. The van der Waals surface area contributed by atoms with E-state index < -0.39 is 16.0 Å². The summed E-state index contributed by atoms with van der Waals surface area (Å²) in [5.41, 5.74) is 2.74. The molecule has 4 aromatic rings. The van der Waals surface area contributed by atoms with E-state index in [0.717, 1.165) is 11.1 Å². The van der Waals surface area contributed by atoms with Crippen LogP contribution in [0, 0.1) is 18.3 Å². The van der Waals surface area contributed by atoms with Gasteiger partial charge < -0.3 is 8.92 Å². The first-order valence-corrected chi connectivity index (χ1v) is 14.1. The van der Waals surface area contributed by atoms with Crippen molar-refractivity contribution in [3.05, 3.63) is 93.3 Å². The van der Waals surface area contributed by atoms with Crippen molar-refractivity contribution in [3.8, 4) is 28.8 Å². The molecule has 1 heterocycles. The first-order valence-electron chi connectivity index (χ1n) is 11.0. The number of rotatable bonds is 8. The van der Waals surface area contributed by atoms with Crippen molar-refractivity contribution in [1.29, 1.82) is 5.26 Å². The second-order valence-corrected chi connectivity index (χ2v) is 11.2. The van der Waals surface area contributed by atoms with Crippen LogP contribution < -0.4 is 14.2 Å². The maximum absolute atomic E-state index is 12.8. The van der Waals surface area contributed by atoms with Crippen LogP contribution in [0.2, 0.25) is 0 Å². The van der Waals surface area contributed by atoms with Crippen LogP contribution in [-0.4, -0.2) is 26.4 Å². The predicted molar refractivity (Wildman–Crippen MR) is 149 cm³/mol. The molecule has 0 atom stereocenters. The standard InChI is InChI=1S/C27H20BrN3O5S2/c1-17-8-10-21(11-9-17)38(33,34)36-25-22(28)13-18(14-24(25)35-2)12-20(15-29)26(32)31-27-30-23(16-37-27)19-6-4-3-5-7-19/h3-14,16H,1-2H3,(H,30,31,32). The van der Waals surface area contributed by atoms with Gasteiger partial charge in [0.1, 0.15) is 16.5 Å². The Morgan fingerprint density at radius 1 is 1.13 bits per heavy atom. The molecule has 0 aliphatic heterocycles. The van der Waals surface area contributed by atoms with Crippen LogP contribution in [0.15, 0.2) is 87.1 Å². The van der Waals surface area contributed by atoms with Gasteiger partial charge in [-0.3, -0.25) is 10.1 Å². The minimum atomic E-state index is -4.14. The molecule has 0 radical (unpaired) electrons. The number of aromatic nitrogens is 1. The van der Waals surface area contributed by atoms with Crippen molar-refractivity contribution in [2.24, 2.45) is 0 Å². The molecule has 0 bridgehead atoms. The van der Waals surface area contributed by atoms with Crippen LogP contribution in [0.4, 0.5) is 5.13 Å². The lowest BCUT2D eigenvalue weighted by molar-refractivity contribution is -0.112. The lowest BCUT2D eigenvalue weighted by Gasteiger charge is -2.13. The molecule has 0 spiro atoms. The maximum atomic E-state index is 12.8. The molecule has 38 heavy (non-hydrogen) atoms. The molecule has 1 amide bonds. The number of methoxy groups -OCH3 is 1. The Hall–Kier alpha value is -3.98. The Morgan fingerprint density at radius 3 is 2.50 bits per heavy atom. The van der Waals surface area contributed by atoms with Crippen molar-refractivity contribution < 1.29 is 22.1 Å². The van der Waals surface area contributed by atoms with Crippen LogP contribution in [0.5, 0.6) is 11.5 Å². The van der Waals surface area contributed by atoms with Gasteiger partial charge in [-0.1, -0.05) is 48.0 Å². The number of nitrogens with one attached hydrogen (secondary N) is 1. The molecule has 11 heteroatoms. The van der Waals surface area contributed by atoms with E-state index in [-0.39, 0.29) is 26.4 Å². The van der Waals surface area contributed by atoms with Gasteiger partial charge in [0.15, 0.2) is 16.6 Å². The molecular formula is C27H20BrN3O5S2. The molecule has 1 aromatic heterocycles. The number of carbonyl (C=O) groups excluding carboxylic acids is 1. The van der Waals surface area contributed by atoms with Gasteiger partial charge in [0.25, 0.3) is 5.91 Å². The maximum Gasteiger partial charge on any atom is 0.339 e. The molecule has 0 fully saturated rings. The second-order valence-electron chi connectivity index (χ2n) is 7.91. The molecule has 8 nitrogen and oxygen atoms in total. The van der Waals surface area contributed by atoms with Gasteiger partial charge in [0.2, 0.25) is 0 Å². The average Bonchev–Trinajstić information content (AvgIpc) is 3.37. The Kier molecular flexibility index (Phi) is 8.26. The smallest absolute Gasteiger partial charge is 0.339 e. The third-order valence-corrected chi connectivity index (χ3v) is 7.81. The van der Waals surface area contributed by atoms with Crippen LogP contribution in [-0.2, 0) is 14.9 Å². The van der Waals surface area contributed by atoms with E-state index in [1.54, 1.807) is 12.1 Å². The van der Waals surface area contributed by atoms with E-state index in [2.05, 4.69) is 26.2 Å². The summed E-state index contributed by atoms with van der Waals surface area (Å²) >= 11 is 4.55. The van der Waals surface area contributed by atoms with Gasteiger partial charge in [-0.2, -0.15) is 13.7 Å². The Morgan fingerprint density at radius 2 is 1.84 bits per heavy atom. The number of aryl methyl sites for hydroxylation is 1. The third-order valence-electron chi connectivity index (χ3n) is 5.22. The Balaban J connectivity index is 1.56. The highest BCUT2D eigenvalue weighted by molar-refractivity contribution is 9.10. The molecule has 0 aliphatic carbocycles. The number of hydrogen-bond acceptors (Lipinski definition) is 8. The number of nitrogens with zero attached hydrogens (tertiary/aromatic N) is 2. The minimum absolute atomic E-state index is 0.0120. The lowest BCUT2D eigenvalue weighted by atomic mass is 10.1. The lowest BCUT2D eigenvalue weighted by Crippen LogP contribution is -2.13. The molecule has 3 aromatic carbocycles. The molecule has 0 saturated heterocycles. The largest absolute Gasteiger partial charge is 0.493 e. The van der Waals surface area contributed by atoms with Gasteiger partial charge >= 0.3 is 10.1 Å². The van der Waals surface area contributed by atoms with E-state index in [4.69, 9.17) is 8.92 Å². The SMILES string of the molecule is COc1cc(C=C(C#N)C(=O)Nc2nc(-c3ccccc3)cs2)cc(Br)c1OS(=O)(=O)c1ccc(C)cc1. The molecule has 4 rings (SSSR count). The van der Waals surface area contributed by atoms with Crippen LogP contribution in [0.25, 0.3) is 17.3 Å². The van der Waals surface area contributed by atoms with E-state index in [1.165, 1.54) is 48.8 Å². The van der Waals surface area contributed by atoms with Crippen molar-refractivity contribution >= 4 is 54.5 Å². The summed E-state index contributed by atoms with van der Waals surface area (Å²) in [6.07, 6.45) is 1.35. The predicted octanol–water partition coefficient (Wildman–Crippen LogP) is 6.20. The highest BCUT2D eigenvalue weighted by atomic mass is 79.9. The number of amides is 1. The number of thiazole rings is 1. The summed E-state index contributed by atoms with van der Waals surface area (Å²) in [7, 11) is -2.79. The normalized spacial score (nSPS) is 11.5. The number of hydrogen-bond donors (Lipinski definition) is 1. The molecular weight excluding hydrogens is 590 g/mol. The highest BCUT2D eigenvalue weighted by Crippen LogP contribution is 2.39. The number of carbonyl (C=O) groups is 1. The highest BCUT2D eigenvalue weighted by Gasteiger charge is 2.22. The Bertz CT molecular complexity index is 1660. The summed E-state index contributed by atoms with van der Waals surface area (Å²) in [5, 5.41) is 14.4. The molecule has 0 saturated carbocycles.